The van der Waals surface area contributed by atoms with Crippen molar-refractivity contribution in [1.29, 1.82) is 5.26 Å². The average molecular weight is 311 g/mol. The molecule has 1 unspecified atom stereocenters. The maximum atomic E-state index is 12.1. The number of nitriles is 1. The molecular formula is C12H11BrN2OS. The van der Waals surface area contributed by atoms with Crippen molar-refractivity contribution in [3.8, 4) is 6.07 Å². The molecule has 1 aliphatic heterocycles. The molecule has 0 aromatic heterocycles. The van der Waals surface area contributed by atoms with Gasteiger partial charge in [0.05, 0.1) is 11.6 Å². The Labute approximate surface area is 113 Å². The summed E-state index contributed by atoms with van der Waals surface area (Å²) in [6.45, 7) is 0. The minimum absolute atomic E-state index is 0.193. The van der Waals surface area contributed by atoms with Crippen LogP contribution in [0.25, 0.3) is 0 Å². The fourth-order valence-electron chi connectivity index (χ4n) is 1.71. The molecule has 1 heterocycles. The van der Waals surface area contributed by atoms with Crippen LogP contribution in [-0.2, 0) is 0 Å². The lowest BCUT2D eigenvalue weighted by Crippen LogP contribution is -2.47. The Balaban J connectivity index is 2.17. The average Bonchev–Trinajstić information content (AvgIpc) is 2.79. The van der Waals surface area contributed by atoms with Crippen LogP contribution in [0.4, 0.5) is 0 Å². The maximum absolute atomic E-state index is 12.1. The van der Waals surface area contributed by atoms with E-state index < -0.39 is 5.54 Å². The molecule has 5 heteroatoms. The predicted molar refractivity (Wildman–Crippen MR) is 71.9 cm³/mol. The highest BCUT2D eigenvalue weighted by Gasteiger charge is 2.36. The molecule has 0 spiro atoms. The third-order valence-corrected chi connectivity index (χ3v) is 4.59. The van der Waals surface area contributed by atoms with E-state index >= 15 is 0 Å². The molecular weight excluding hydrogens is 300 g/mol. The minimum Gasteiger partial charge on any atom is -0.333 e. The standard InChI is InChI=1S/C12H11BrN2OS/c13-10-4-2-1-3-9(10)11(16)15-12(7-14)5-6-17-8-12/h1-4H,5-6,8H2,(H,15,16). The number of rotatable bonds is 2. The van der Waals surface area contributed by atoms with E-state index in [4.69, 9.17) is 0 Å². The molecule has 88 valence electrons. The Morgan fingerprint density at radius 3 is 2.88 bits per heavy atom. The highest BCUT2D eigenvalue weighted by atomic mass is 79.9. The molecule has 2 rings (SSSR count). The monoisotopic (exact) mass is 310 g/mol. The number of hydrogen-bond donors (Lipinski definition) is 1. The van der Waals surface area contributed by atoms with Gasteiger partial charge < -0.3 is 5.32 Å². The molecule has 1 aromatic rings. The molecule has 1 amide bonds. The first-order valence-corrected chi connectivity index (χ1v) is 7.18. The lowest BCUT2D eigenvalue weighted by atomic mass is 10.0. The molecule has 1 aliphatic rings. The SMILES string of the molecule is N#CC1(NC(=O)c2ccccc2Br)CCSC1. The number of thioether (sulfide) groups is 1. The lowest BCUT2D eigenvalue weighted by Gasteiger charge is -2.21. The molecule has 1 atom stereocenters. The van der Waals surface area contributed by atoms with Crippen LogP contribution in [0.1, 0.15) is 16.8 Å². The lowest BCUT2D eigenvalue weighted by molar-refractivity contribution is 0.0925. The summed E-state index contributed by atoms with van der Waals surface area (Å²) in [4.78, 5) is 12.1. The van der Waals surface area contributed by atoms with Crippen molar-refractivity contribution in [3.05, 3.63) is 34.3 Å². The van der Waals surface area contributed by atoms with Crippen LogP contribution in [0.5, 0.6) is 0 Å². The summed E-state index contributed by atoms with van der Waals surface area (Å²) in [6, 6.07) is 9.45. The molecule has 0 aliphatic carbocycles. The third kappa shape index (κ3) is 2.64. The second kappa shape index (κ2) is 5.11. The predicted octanol–water partition coefficient (Wildman–Crippen LogP) is 2.58. The van der Waals surface area contributed by atoms with E-state index in [9.17, 15) is 10.1 Å². The highest BCUT2D eigenvalue weighted by Crippen LogP contribution is 2.28. The number of halogens is 1. The zero-order chi connectivity index (χ0) is 12.3. The molecule has 17 heavy (non-hydrogen) atoms. The van der Waals surface area contributed by atoms with E-state index in [0.717, 1.165) is 10.2 Å². The van der Waals surface area contributed by atoms with Gasteiger partial charge >= 0.3 is 0 Å². The second-order valence-corrected chi connectivity index (χ2v) is 5.89. The first-order valence-electron chi connectivity index (χ1n) is 5.23. The summed E-state index contributed by atoms with van der Waals surface area (Å²) in [5.74, 6) is 1.39. The van der Waals surface area contributed by atoms with Gasteiger partial charge in [0, 0.05) is 10.2 Å². The zero-order valence-corrected chi connectivity index (χ0v) is 11.5. The number of benzene rings is 1. The zero-order valence-electron chi connectivity index (χ0n) is 9.07. The molecule has 0 saturated carbocycles. The number of hydrogen-bond acceptors (Lipinski definition) is 3. The Morgan fingerprint density at radius 2 is 2.29 bits per heavy atom. The van der Waals surface area contributed by atoms with E-state index in [1.54, 1.807) is 17.8 Å². The van der Waals surface area contributed by atoms with Gasteiger partial charge in [0.25, 0.3) is 5.91 Å². The molecule has 1 fully saturated rings. The van der Waals surface area contributed by atoms with Crippen LogP contribution >= 0.6 is 27.7 Å². The van der Waals surface area contributed by atoms with E-state index in [0.29, 0.717) is 17.7 Å². The molecule has 0 bridgehead atoms. The third-order valence-electron chi connectivity index (χ3n) is 2.71. The number of nitrogens with zero attached hydrogens (tertiary/aromatic N) is 1. The summed E-state index contributed by atoms with van der Waals surface area (Å²) in [5, 5.41) is 12.0. The van der Waals surface area contributed by atoms with Crippen LogP contribution in [0.15, 0.2) is 28.7 Å². The molecule has 1 aromatic carbocycles. The largest absolute Gasteiger partial charge is 0.333 e. The van der Waals surface area contributed by atoms with Crippen molar-refractivity contribution in [3.63, 3.8) is 0 Å². The van der Waals surface area contributed by atoms with Gasteiger partial charge in [-0.2, -0.15) is 17.0 Å². The molecule has 0 radical (unpaired) electrons. The van der Waals surface area contributed by atoms with Gasteiger partial charge in [-0.1, -0.05) is 12.1 Å². The smallest absolute Gasteiger partial charge is 0.253 e. The fourth-order valence-corrected chi connectivity index (χ4v) is 3.44. The van der Waals surface area contributed by atoms with Crippen molar-refractivity contribution >= 4 is 33.6 Å². The highest BCUT2D eigenvalue weighted by molar-refractivity contribution is 9.10. The Kier molecular flexibility index (Phi) is 3.75. The van der Waals surface area contributed by atoms with Gasteiger partial charge in [0.1, 0.15) is 5.54 Å². The van der Waals surface area contributed by atoms with Crippen LogP contribution < -0.4 is 5.32 Å². The first kappa shape index (κ1) is 12.5. The van der Waals surface area contributed by atoms with Crippen LogP contribution in [-0.4, -0.2) is 23.0 Å². The number of nitrogens with one attached hydrogen (secondary N) is 1. The Bertz CT molecular complexity index is 478. The van der Waals surface area contributed by atoms with E-state index in [1.807, 2.05) is 18.2 Å². The molecule has 1 saturated heterocycles. The fraction of sp³-hybridized carbons (Fsp3) is 0.333. The number of carbonyl (C=O) groups is 1. The summed E-state index contributed by atoms with van der Waals surface area (Å²) < 4.78 is 0.747. The molecule has 3 nitrogen and oxygen atoms in total. The summed E-state index contributed by atoms with van der Waals surface area (Å²) in [7, 11) is 0. The number of carbonyl (C=O) groups excluding carboxylic acids is 1. The van der Waals surface area contributed by atoms with Crippen molar-refractivity contribution in [1.82, 2.24) is 5.32 Å². The second-order valence-electron chi connectivity index (χ2n) is 3.93. The summed E-state index contributed by atoms with van der Waals surface area (Å²) in [5.41, 5.74) is -0.129. The van der Waals surface area contributed by atoms with Crippen molar-refractivity contribution in [2.45, 2.75) is 12.0 Å². The van der Waals surface area contributed by atoms with Crippen LogP contribution in [0.2, 0.25) is 0 Å². The molecule has 1 N–H and O–H groups in total. The van der Waals surface area contributed by atoms with E-state index in [-0.39, 0.29) is 5.91 Å². The summed E-state index contributed by atoms with van der Waals surface area (Å²) in [6.07, 6.45) is 0.713. The van der Waals surface area contributed by atoms with Crippen molar-refractivity contribution < 1.29 is 4.79 Å². The summed E-state index contributed by atoms with van der Waals surface area (Å²) >= 11 is 5.03. The van der Waals surface area contributed by atoms with E-state index in [1.165, 1.54) is 0 Å². The Hall–Kier alpha value is -0.990. The van der Waals surface area contributed by atoms with Crippen molar-refractivity contribution in [2.75, 3.05) is 11.5 Å². The topological polar surface area (TPSA) is 52.9 Å². The van der Waals surface area contributed by atoms with Gasteiger partial charge in [-0.05, 0) is 40.2 Å². The van der Waals surface area contributed by atoms with Crippen LogP contribution in [0, 0.1) is 11.3 Å². The Morgan fingerprint density at radius 1 is 1.53 bits per heavy atom. The first-order chi connectivity index (χ1) is 8.17. The number of amides is 1. The van der Waals surface area contributed by atoms with Gasteiger partial charge in [-0.3, -0.25) is 4.79 Å². The quantitative estimate of drug-likeness (QED) is 0.913. The van der Waals surface area contributed by atoms with Crippen molar-refractivity contribution in [2.24, 2.45) is 0 Å². The van der Waals surface area contributed by atoms with Gasteiger partial charge in [-0.25, -0.2) is 0 Å². The normalized spacial score (nSPS) is 23.1. The minimum atomic E-state index is -0.697. The van der Waals surface area contributed by atoms with Gasteiger partial charge in [0.15, 0.2) is 0 Å². The van der Waals surface area contributed by atoms with Crippen LogP contribution in [0.3, 0.4) is 0 Å². The van der Waals surface area contributed by atoms with Gasteiger partial charge in [-0.15, -0.1) is 0 Å². The maximum Gasteiger partial charge on any atom is 0.253 e. The van der Waals surface area contributed by atoms with E-state index in [2.05, 4.69) is 27.3 Å². The van der Waals surface area contributed by atoms with Gasteiger partial charge in [0.2, 0.25) is 0 Å².